The van der Waals surface area contributed by atoms with Gasteiger partial charge < -0.3 is 16.0 Å². The quantitative estimate of drug-likeness (QED) is 0.243. The van der Waals surface area contributed by atoms with Gasteiger partial charge in [-0.1, -0.05) is 39.0 Å². The molecule has 1 aliphatic carbocycles. The van der Waals surface area contributed by atoms with Gasteiger partial charge in [-0.15, -0.1) is 24.0 Å². The molecule has 1 saturated carbocycles. The summed E-state index contributed by atoms with van der Waals surface area (Å²) in [4.78, 5) is 16.0. The van der Waals surface area contributed by atoms with E-state index in [1.165, 1.54) is 32.1 Å². The molecule has 0 heterocycles. The minimum absolute atomic E-state index is 0. The van der Waals surface area contributed by atoms with E-state index in [2.05, 4.69) is 27.9 Å². The van der Waals surface area contributed by atoms with Crippen LogP contribution < -0.4 is 16.0 Å². The number of unbranched alkanes of at least 4 members (excludes halogenated alkanes) is 2. The van der Waals surface area contributed by atoms with Gasteiger partial charge in [0.25, 0.3) is 0 Å². The molecule has 0 unspecified atom stereocenters. The lowest BCUT2D eigenvalue weighted by Crippen LogP contribution is -2.41. The predicted molar refractivity (Wildman–Crippen MR) is 104 cm³/mol. The van der Waals surface area contributed by atoms with Crippen molar-refractivity contribution in [1.29, 1.82) is 0 Å². The molecule has 1 fully saturated rings. The third-order valence-electron chi connectivity index (χ3n) is 3.91. The molecular formula is C16H33IN4O. The number of hydrogen-bond donors (Lipinski definition) is 3. The minimum atomic E-state index is 0. The summed E-state index contributed by atoms with van der Waals surface area (Å²) in [6.07, 6.45) is 10.2. The highest BCUT2D eigenvalue weighted by Crippen LogP contribution is 2.17. The number of amides is 1. The van der Waals surface area contributed by atoms with Gasteiger partial charge in [-0.2, -0.15) is 0 Å². The van der Waals surface area contributed by atoms with Crippen LogP contribution in [0.15, 0.2) is 4.99 Å². The van der Waals surface area contributed by atoms with E-state index < -0.39 is 0 Å². The van der Waals surface area contributed by atoms with Crippen LogP contribution in [-0.4, -0.2) is 38.0 Å². The molecule has 6 heteroatoms. The van der Waals surface area contributed by atoms with Crippen molar-refractivity contribution in [1.82, 2.24) is 16.0 Å². The number of carbonyl (C=O) groups excluding carboxylic acids is 1. The number of aliphatic imine (C=N–C) groups is 1. The lowest BCUT2D eigenvalue weighted by molar-refractivity contribution is -0.121. The average Bonchev–Trinajstić information content (AvgIpc) is 2.50. The number of hydrogen-bond acceptors (Lipinski definition) is 2. The van der Waals surface area contributed by atoms with Gasteiger partial charge in [0.1, 0.15) is 0 Å². The Kier molecular flexibility index (Phi) is 13.7. The van der Waals surface area contributed by atoms with Crippen LogP contribution in [0.5, 0.6) is 0 Å². The summed E-state index contributed by atoms with van der Waals surface area (Å²) in [7, 11) is 1.76. The largest absolute Gasteiger partial charge is 0.356 e. The molecule has 0 atom stereocenters. The van der Waals surface area contributed by atoms with E-state index in [9.17, 15) is 4.79 Å². The third-order valence-corrected chi connectivity index (χ3v) is 3.91. The van der Waals surface area contributed by atoms with E-state index in [1.54, 1.807) is 7.05 Å². The fraction of sp³-hybridized carbons (Fsp3) is 0.875. The second kappa shape index (κ2) is 14.1. The monoisotopic (exact) mass is 424 g/mol. The molecule has 0 aliphatic heterocycles. The molecule has 1 rings (SSSR count). The van der Waals surface area contributed by atoms with E-state index in [0.717, 1.165) is 31.8 Å². The molecular weight excluding hydrogens is 391 g/mol. The van der Waals surface area contributed by atoms with Crippen molar-refractivity contribution < 1.29 is 4.79 Å². The Morgan fingerprint density at radius 1 is 1.09 bits per heavy atom. The maximum Gasteiger partial charge on any atom is 0.221 e. The normalized spacial score (nSPS) is 15.8. The molecule has 5 nitrogen and oxygen atoms in total. The predicted octanol–water partition coefficient (Wildman–Crippen LogP) is 2.80. The Labute approximate surface area is 152 Å². The number of nitrogens with zero attached hydrogens (tertiary/aromatic N) is 1. The molecule has 0 bridgehead atoms. The van der Waals surface area contributed by atoms with Gasteiger partial charge in [-0.25, -0.2) is 0 Å². The summed E-state index contributed by atoms with van der Waals surface area (Å²) in [6, 6.07) is 0.401. The van der Waals surface area contributed by atoms with E-state index >= 15 is 0 Å². The number of nitrogens with one attached hydrogen (secondary N) is 3. The molecule has 1 aliphatic rings. The van der Waals surface area contributed by atoms with Crippen LogP contribution in [-0.2, 0) is 4.79 Å². The van der Waals surface area contributed by atoms with E-state index in [0.29, 0.717) is 19.0 Å². The zero-order valence-corrected chi connectivity index (χ0v) is 16.4. The number of carbonyl (C=O) groups is 1. The Balaban J connectivity index is 0.00000441. The standard InChI is InChI=1S/C16H32N4O.HI/c1-3-4-8-12-18-16(17-2)19-13-11-15(21)20-14-9-6-5-7-10-14;/h14H,3-13H2,1-2H3,(H,20,21)(H2,17,18,19);1H. The lowest BCUT2D eigenvalue weighted by Gasteiger charge is -2.22. The van der Waals surface area contributed by atoms with Gasteiger partial charge in [-0.05, 0) is 19.3 Å². The van der Waals surface area contributed by atoms with E-state index in [1.807, 2.05) is 0 Å². The lowest BCUT2D eigenvalue weighted by atomic mass is 9.95. The van der Waals surface area contributed by atoms with Crippen LogP contribution in [0.25, 0.3) is 0 Å². The molecule has 0 aromatic rings. The molecule has 1 amide bonds. The average molecular weight is 424 g/mol. The first-order chi connectivity index (χ1) is 10.3. The van der Waals surface area contributed by atoms with Crippen molar-refractivity contribution in [3.63, 3.8) is 0 Å². The van der Waals surface area contributed by atoms with Gasteiger partial charge in [0.2, 0.25) is 5.91 Å². The Bertz CT molecular complexity index is 317. The van der Waals surface area contributed by atoms with E-state index in [-0.39, 0.29) is 29.9 Å². The Hall–Kier alpha value is -0.530. The van der Waals surface area contributed by atoms with Gasteiger partial charge >= 0.3 is 0 Å². The van der Waals surface area contributed by atoms with Crippen molar-refractivity contribution in [3.05, 3.63) is 0 Å². The third kappa shape index (κ3) is 10.2. The topological polar surface area (TPSA) is 65.5 Å². The molecule has 22 heavy (non-hydrogen) atoms. The molecule has 0 aromatic carbocycles. The van der Waals surface area contributed by atoms with Gasteiger partial charge in [0.05, 0.1) is 0 Å². The number of rotatable bonds is 8. The van der Waals surface area contributed by atoms with Crippen molar-refractivity contribution in [2.75, 3.05) is 20.1 Å². The van der Waals surface area contributed by atoms with Gasteiger partial charge in [0, 0.05) is 32.6 Å². The number of halogens is 1. The van der Waals surface area contributed by atoms with E-state index in [4.69, 9.17) is 0 Å². The van der Waals surface area contributed by atoms with Crippen LogP contribution >= 0.6 is 24.0 Å². The Morgan fingerprint density at radius 2 is 1.77 bits per heavy atom. The summed E-state index contributed by atoms with van der Waals surface area (Å²) >= 11 is 0. The van der Waals surface area contributed by atoms with Crippen molar-refractivity contribution >= 4 is 35.8 Å². The minimum Gasteiger partial charge on any atom is -0.356 e. The molecule has 0 aromatic heterocycles. The molecule has 0 saturated heterocycles. The van der Waals surface area contributed by atoms with Crippen LogP contribution in [0, 0.1) is 0 Å². The first kappa shape index (κ1) is 21.5. The van der Waals surface area contributed by atoms with Gasteiger partial charge in [0.15, 0.2) is 5.96 Å². The van der Waals surface area contributed by atoms with Crippen LogP contribution in [0.2, 0.25) is 0 Å². The zero-order valence-electron chi connectivity index (χ0n) is 14.1. The van der Waals surface area contributed by atoms with Crippen LogP contribution in [0.3, 0.4) is 0 Å². The fourth-order valence-electron chi connectivity index (χ4n) is 2.64. The zero-order chi connectivity index (χ0) is 15.3. The molecule has 0 spiro atoms. The maximum absolute atomic E-state index is 11.9. The SMILES string of the molecule is CCCCCNC(=NC)NCCC(=O)NC1CCCCC1.I. The second-order valence-electron chi connectivity index (χ2n) is 5.79. The maximum atomic E-state index is 11.9. The van der Waals surface area contributed by atoms with Crippen molar-refractivity contribution in [2.24, 2.45) is 4.99 Å². The summed E-state index contributed by atoms with van der Waals surface area (Å²) in [6.45, 7) is 3.76. The molecule has 130 valence electrons. The Morgan fingerprint density at radius 3 is 2.41 bits per heavy atom. The summed E-state index contributed by atoms with van der Waals surface area (Å²) in [5.41, 5.74) is 0. The summed E-state index contributed by atoms with van der Waals surface area (Å²) in [5, 5.41) is 9.59. The summed E-state index contributed by atoms with van der Waals surface area (Å²) in [5.74, 6) is 0.937. The first-order valence-electron chi connectivity index (χ1n) is 8.50. The van der Waals surface area contributed by atoms with Crippen molar-refractivity contribution in [2.45, 2.75) is 70.8 Å². The van der Waals surface area contributed by atoms with Crippen LogP contribution in [0.1, 0.15) is 64.7 Å². The highest BCUT2D eigenvalue weighted by atomic mass is 127. The second-order valence-corrected chi connectivity index (χ2v) is 5.79. The smallest absolute Gasteiger partial charge is 0.221 e. The van der Waals surface area contributed by atoms with Crippen LogP contribution in [0.4, 0.5) is 0 Å². The van der Waals surface area contributed by atoms with Crippen molar-refractivity contribution in [3.8, 4) is 0 Å². The summed E-state index contributed by atoms with van der Waals surface area (Å²) < 4.78 is 0. The fourth-order valence-corrected chi connectivity index (χ4v) is 2.64. The first-order valence-corrected chi connectivity index (χ1v) is 8.50. The molecule has 3 N–H and O–H groups in total. The van der Waals surface area contributed by atoms with Gasteiger partial charge in [-0.3, -0.25) is 9.79 Å². The number of guanidine groups is 1. The highest BCUT2D eigenvalue weighted by Gasteiger charge is 2.15. The molecule has 0 radical (unpaired) electrons. The highest BCUT2D eigenvalue weighted by molar-refractivity contribution is 14.0.